The Labute approximate surface area is 146 Å². The lowest BCUT2D eigenvalue weighted by Crippen LogP contribution is -2.40. The van der Waals surface area contributed by atoms with Gasteiger partial charge in [0, 0.05) is 4.47 Å². The van der Waals surface area contributed by atoms with Crippen molar-refractivity contribution >= 4 is 33.5 Å². The maximum Gasteiger partial charge on any atom is 0.340 e. The molecule has 1 aliphatic rings. The van der Waals surface area contributed by atoms with Crippen molar-refractivity contribution in [2.45, 2.75) is 6.10 Å². The standard InChI is InChI=1S/C17H14BrNO5/c1-22-17(21)11-8-10(18)6-7-12(11)19-16(20)15-9-23-13-4-2-3-5-14(13)24-15/h2-8,15H,9H2,1H3,(H,19,20). The molecule has 0 aromatic heterocycles. The van der Waals surface area contributed by atoms with Crippen LogP contribution in [0.25, 0.3) is 0 Å². The van der Waals surface area contributed by atoms with Crippen LogP contribution in [0, 0.1) is 0 Å². The lowest BCUT2D eigenvalue weighted by atomic mass is 10.1. The third-order valence-corrected chi connectivity index (χ3v) is 3.94. The summed E-state index contributed by atoms with van der Waals surface area (Å²) in [5, 5.41) is 2.69. The minimum absolute atomic E-state index is 0.0902. The molecule has 1 unspecified atom stereocenters. The Kier molecular flexibility index (Phi) is 4.71. The Hall–Kier alpha value is -2.54. The van der Waals surface area contributed by atoms with Crippen molar-refractivity contribution in [2.75, 3.05) is 19.0 Å². The number of hydrogen-bond donors (Lipinski definition) is 1. The number of hydrogen-bond acceptors (Lipinski definition) is 5. The van der Waals surface area contributed by atoms with Crippen LogP contribution in [-0.4, -0.2) is 31.7 Å². The van der Waals surface area contributed by atoms with E-state index in [9.17, 15) is 9.59 Å². The van der Waals surface area contributed by atoms with Gasteiger partial charge in [0.15, 0.2) is 11.5 Å². The van der Waals surface area contributed by atoms with Crippen LogP contribution in [-0.2, 0) is 9.53 Å². The van der Waals surface area contributed by atoms with Crippen molar-refractivity contribution < 1.29 is 23.8 Å². The number of ether oxygens (including phenoxy) is 3. The zero-order valence-corrected chi connectivity index (χ0v) is 14.3. The van der Waals surface area contributed by atoms with Gasteiger partial charge in [-0.15, -0.1) is 0 Å². The summed E-state index contributed by atoms with van der Waals surface area (Å²) in [5.41, 5.74) is 0.592. The summed E-state index contributed by atoms with van der Waals surface area (Å²) in [6.07, 6.45) is -0.811. The number of para-hydroxylation sites is 2. The first-order valence-electron chi connectivity index (χ1n) is 7.15. The van der Waals surface area contributed by atoms with E-state index >= 15 is 0 Å². The van der Waals surface area contributed by atoms with Gasteiger partial charge in [-0.05, 0) is 30.3 Å². The van der Waals surface area contributed by atoms with Gasteiger partial charge in [-0.2, -0.15) is 0 Å². The van der Waals surface area contributed by atoms with Crippen molar-refractivity contribution in [3.05, 3.63) is 52.5 Å². The Balaban J connectivity index is 1.78. The Morgan fingerprint density at radius 3 is 2.71 bits per heavy atom. The van der Waals surface area contributed by atoms with E-state index in [1.807, 2.05) is 6.07 Å². The van der Waals surface area contributed by atoms with Gasteiger partial charge in [0.25, 0.3) is 5.91 Å². The number of esters is 1. The summed E-state index contributed by atoms with van der Waals surface area (Å²) >= 11 is 3.29. The molecular formula is C17H14BrNO5. The largest absolute Gasteiger partial charge is 0.485 e. The molecule has 0 spiro atoms. The highest BCUT2D eigenvalue weighted by Crippen LogP contribution is 2.31. The number of anilines is 1. The minimum atomic E-state index is -0.811. The first kappa shape index (κ1) is 16.3. The van der Waals surface area contributed by atoms with E-state index in [-0.39, 0.29) is 12.2 Å². The second-order valence-electron chi connectivity index (χ2n) is 5.03. The Morgan fingerprint density at radius 2 is 1.96 bits per heavy atom. The highest BCUT2D eigenvalue weighted by atomic mass is 79.9. The predicted octanol–water partition coefficient (Wildman–Crippen LogP) is 3.01. The van der Waals surface area contributed by atoms with Crippen LogP contribution in [0.1, 0.15) is 10.4 Å². The summed E-state index contributed by atoms with van der Waals surface area (Å²) in [5.74, 6) is 0.156. The molecule has 1 N–H and O–H groups in total. The van der Waals surface area contributed by atoms with Crippen molar-refractivity contribution in [1.82, 2.24) is 0 Å². The third kappa shape index (κ3) is 3.35. The molecule has 1 aliphatic heterocycles. The first-order valence-corrected chi connectivity index (χ1v) is 7.95. The molecule has 0 radical (unpaired) electrons. The van der Waals surface area contributed by atoms with E-state index in [4.69, 9.17) is 14.2 Å². The van der Waals surface area contributed by atoms with Crippen LogP contribution in [0.2, 0.25) is 0 Å². The van der Waals surface area contributed by atoms with Gasteiger partial charge < -0.3 is 19.5 Å². The number of carbonyl (C=O) groups is 2. The maximum absolute atomic E-state index is 12.4. The van der Waals surface area contributed by atoms with E-state index in [2.05, 4.69) is 21.2 Å². The fourth-order valence-corrected chi connectivity index (χ4v) is 2.63. The molecule has 1 amide bonds. The Morgan fingerprint density at radius 1 is 1.21 bits per heavy atom. The molecule has 2 aromatic carbocycles. The number of halogens is 1. The second kappa shape index (κ2) is 6.92. The molecule has 1 atom stereocenters. The second-order valence-corrected chi connectivity index (χ2v) is 5.95. The summed E-state index contributed by atoms with van der Waals surface area (Å²) in [4.78, 5) is 24.3. The minimum Gasteiger partial charge on any atom is -0.485 e. The highest BCUT2D eigenvalue weighted by molar-refractivity contribution is 9.10. The number of nitrogens with one attached hydrogen (secondary N) is 1. The van der Waals surface area contributed by atoms with Crippen LogP contribution >= 0.6 is 15.9 Å². The number of rotatable bonds is 3. The number of methoxy groups -OCH3 is 1. The van der Waals surface area contributed by atoms with Crippen molar-refractivity contribution in [2.24, 2.45) is 0 Å². The summed E-state index contributed by atoms with van der Waals surface area (Å²) in [6, 6.07) is 12.0. The zero-order chi connectivity index (χ0) is 17.1. The number of carbonyl (C=O) groups excluding carboxylic acids is 2. The normalized spacial score (nSPS) is 15.5. The lowest BCUT2D eigenvalue weighted by molar-refractivity contribution is -0.125. The number of amides is 1. The molecular weight excluding hydrogens is 378 g/mol. The molecule has 0 saturated carbocycles. The molecule has 0 bridgehead atoms. The molecule has 2 aromatic rings. The van der Waals surface area contributed by atoms with E-state index < -0.39 is 18.0 Å². The van der Waals surface area contributed by atoms with Gasteiger partial charge in [-0.3, -0.25) is 4.79 Å². The van der Waals surface area contributed by atoms with E-state index in [1.165, 1.54) is 7.11 Å². The molecule has 0 saturated heterocycles. The van der Waals surface area contributed by atoms with Crippen LogP contribution in [0.3, 0.4) is 0 Å². The smallest absolute Gasteiger partial charge is 0.340 e. The van der Waals surface area contributed by atoms with Gasteiger partial charge in [-0.1, -0.05) is 28.1 Å². The molecule has 24 heavy (non-hydrogen) atoms. The van der Waals surface area contributed by atoms with Crippen molar-refractivity contribution in [3.63, 3.8) is 0 Å². The van der Waals surface area contributed by atoms with Crippen LogP contribution in [0.15, 0.2) is 46.9 Å². The van der Waals surface area contributed by atoms with E-state index in [0.29, 0.717) is 21.7 Å². The van der Waals surface area contributed by atoms with Gasteiger partial charge in [0.1, 0.15) is 6.61 Å². The van der Waals surface area contributed by atoms with Gasteiger partial charge in [0.05, 0.1) is 18.4 Å². The average molecular weight is 392 g/mol. The zero-order valence-electron chi connectivity index (χ0n) is 12.7. The molecule has 3 rings (SSSR count). The van der Waals surface area contributed by atoms with Gasteiger partial charge >= 0.3 is 5.97 Å². The SMILES string of the molecule is COC(=O)c1cc(Br)ccc1NC(=O)C1COc2ccccc2O1. The van der Waals surface area contributed by atoms with Gasteiger partial charge in [-0.25, -0.2) is 4.79 Å². The molecule has 0 fully saturated rings. The topological polar surface area (TPSA) is 73.9 Å². The van der Waals surface area contributed by atoms with Crippen LogP contribution in [0.5, 0.6) is 11.5 Å². The fraction of sp³-hybridized carbons (Fsp3) is 0.176. The predicted molar refractivity (Wildman–Crippen MR) is 90.5 cm³/mol. The molecule has 0 aliphatic carbocycles. The summed E-state index contributed by atoms with van der Waals surface area (Å²) in [6.45, 7) is 0.0902. The lowest BCUT2D eigenvalue weighted by Gasteiger charge is -2.25. The van der Waals surface area contributed by atoms with E-state index in [1.54, 1.807) is 36.4 Å². The summed E-state index contributed by atoms with van der Waals surface area (Å²) < 4.78 is 16.6. The summed E-state index contributed by atoms with van der Waals surface area (Å²) in [7, 11) is 1.28. The third-order valence-electron chi connectivity index (χ3n) is 3.45. The molecule has 1 heterocycles. The fourth-order valence-electron chi connectivity index (χ4n) is 2.27. The monoisotopic (exact) mass is 391 g/mol. The number of fused-ring (bicyclic) bond motifs is 1. The van der Waals surface area contributed by atoms with Gasteiger partial charge in [0.2, 0.25) is 6.10 Å². The molecule has 7 heteroatoms. The first-order chi connectivity index (χ1) is 11.6. The van der Waals surface area contributed by atoms with Crippen molar-refractivity contribution in [1.29, 1.82) is 0 Å². The molecule has 124 valence electrons. The maximum atomic E-state index is 12.4. The van der Waals surface area contributed by atoms with Crippen LogP contribution in [0.4, 0.5) is 5.69 Å². The average Bonchev–Trinajstić information content (AvgIpc) is 2.62. The number of benzene rings is 2. The quantitative estimate of drug-likeness (QED) is 0.813. The highest BCUT2D eigenvalue weighted by Gasteiger charge is 2.28. The Bertz CT molecular complexity index is 792. The molecule has 6 nitrogen and oxygen atoms in total. The van der Waals surface area contributed by atoms with E-state index in [0.717, 1.165) is 0 Å². The van der Waals surface area contributed by atoms with Crippen molar-refractivity contribution in [3.8, 4) is 11.5 Å². The van der Waals surface area contributed by atoms with Crippen LogP contribution < -0.4 is 14.8 Å².